The van der Waals surface area contributed by atoms with Crippen LogP contribution in [0.25, 0.3) is 0 Å². The van der Waals surface area contributed by atoms with Gasteiger partial charge in [0, 0.05) is 6.54 Å². The second-order valence-corrected chi connectivity index (χ2v) is 7.59. The minimum absolute atomic E-state index is 0.221. The molecule has 0 N–H and O–H groups in total. The van der Waals surface area contributed by atoms with E-state index in [0.717, 1.165) is 11.1 Å². The summed E-state index contributed by atoms with van der Waals surface area (Å²) in [6.45, 7) is 1.39. The smallest absolute Gasteiger partial charge is 0.416 e. The molecule has 0 saturated carbocycles. The lowest BCUT2D eigenvalue weighted by Crippen LogP contribution is -2.47. The molecule has 1 saturated heterocycles. The summed E-state index contributed by atoms with van der Waals surface area (Å²) in [7, 11) is 3.81. The summed E-state index contributed by atoms with van der Waals surface area (Å²) >= 11 is 0. The van der Waals surface area contributed by atoms with E-state index >= 15 is 0 Å². The molecule has 6 nitrogen and oxygen atoms in total. The summed E-state index contributed by atoms with van der Waals surface area (Å²) in [5, 5.41) is 0. The van der Waals surface area contributed by atoms with Crippen LogP contribution in [-0.4, -0.2) is 61.7 Å². The normalized spacial score (nSPS) is 17.4. The van der Waals surface area contributed by atoms with Gasteiger partial charge in [-0.3, -0.25) is 4.79 Å². The summed E-state index contributed by atoms with van der Waals surface area (Å²) in [5.41, 5.74) is 2.11. The number of hydrogen-bond acceptors (Lipinski definition) is 5. The maximum Gasteiger partial charge on any atom is 0.416 e. The van der Waals surface area contributed by atoms with Crippen LogP contribution in [0.1, 0.15) is 11.1 Å². The largest absolute Gasteiger partial charge is 0.447 e. The van der Waals surface area contributed by atoms with E-state index in [2.05, 4.69) is 0 Å². The Kier molecular flexibility index (Phi) is 7.38. The van der Waals surface area contributed by atoms with E-state index in [4.69, 9.17) is 9.47 Å². The van der Waals surface area contributed by atoms with E-state index in [-0.39, 0.29) is 25.2 Å². The Labute approximate surface area is 172 Å². The molecule has 2 aromatic carbocycles. The Hall–Kier alpha value is -2.70. The van der Waals surface area contributed by atoms with Crippen LogP contribution in [0.3, 0.4) is 0 Å². The summed E-state index contributed by atoms with van der Waals surface area (Å²) in [6, 6.07) is 19.4. The first-order chi connectivity index (χ1) is 14.0. The minimum atomic E-state index is -0.567. The average molecular weight is 396 g/mol. The second kappa shape index (κ2) is 10.2. The third kappa shape index (κ3) is 5.89. The second-order valence-electron chi connectivity index (χ2n) is 7.59. The molecule has 1 heterocycles. The van der Waals surface area contributed by atoms with Crippen LogP contribution in [0.2, 0.25) is 0 Å². The fraction of sp³-hybridized carbons (Fsp3) is 0.391. The van der Waals surface area contributed by atoms with Gasteiger partial charge in [-0.25, -0.2) is 9.69 Å². The third-order valence-electron chi connectivity index (χ3n) is 4.88. The fourth-order valence-corrected chi connectivity index (χ4v) is 3.50. The molecular weight excluding hydrogens is 368 g/mol. The monoisotopic (exact) mass is 396 g/mol. The number of ether oxygens (including phenoxy) is 2. The van der Waals surface area contributed by atoms with Crippen molar-refractivity contribution < 1.29 is 19.1 Å². The maximum absolute atomic E-state index is 13.3. The fourth-order valence-electron chi connectivity index (χ4n) is 3.50. The number of hydrogen-bond donors (Lipinski definition) is 0. The molecule has 154 valence electrons. The highest BCUT2D eigenvalue weighted by Gasteiger charge is 2.40. The minimum Gasteiger partial charge on any atom is -0.447 e. The molecule has 0 unspecified atom stereocenters. The Morgan fingerprint density at radius 1 is 1.10 bits per heavy atom. The predicted octanol–water partition coefficient (Wildman–Crippen LogP) is 2.97. The summed E-state index contributed by atoms with van der Waals surface area (Å²) in [4.78, 5) is 28.8. The molecule has 3 rings (SSSR count). The predicted molar refractivity (Wildman–Crippen MR) is 110 cm³/mol. The molecule has 29 heavy (non-hydrogen) atoms. The van der Waals surface area contributed by atoms with Crippen molar-refractivity contribution in [3.8, 4) is 0 Å². The van der Waals surface area contributed by atoms with Gasteiger partial charge in [-0.15, -0.1) is 0 Å². The van der Waals surface area contributed by atoms with Crippen LogP contribution in [0.4, 0.5) is 4.79 Å². The first kappa shape index (κ1) is 21.0. The van der Waals surface area contributed by atoms with Gasteiger partial charge in [-0.1, -0.05) is 60.7 Å². The highest BCUT2D eigenvalue weighted by Crippen LogP contribution is 2.21. The summed E-state index contributed by atoms with van der Waals surface area (Å²) < 4.78 is 11.0. The van der Waals surface area contributed by atoms with Crippen molar-refractivity contribution in [1.29, 1.82) is 0 Å². The standard InChI is InChI=1S/C23H28N2O4/c1-24(2)14-20(16-28-15-19-11-7-4-8-12-19)22(26)25-21(17-29-23(25)27)13-18-9-5-3-6-10-18/h3-12,20-21H,13-17H2,1-2H3/t20-,21-/m0/s1. The van der Waals surface area contributed by atoms with Gasteiger partial charge in [0.15, 0.2) is 0 Å². The lowest BCUT2D eigenvalue weighted by Gasteiger charge is -2.26. The molecule has 1 aliphatic rings. The number of cyclic esters (lactones) is 1. The summed E-state index contributed by atoms with van der Waals surface area (Å²) in [5.74, 6) is -0.687. The van der Waals surface area contributed by atoms with E-state index in [9.17, 15) is 9.59 Å². The molecule has 2 aromatic rings. The first-order valence-corrected chi connectivity index (χ1v) is 9.84. The number of carbonyl (C=O) groups excluding carboxylic acids is 2. The van der Waals surface area contributed by atoms with Crippen LogP contribution in [0.5, 0.6) is 0 Å². The van der Waals surface area contributed by atoms with Gasteiger partial charge in [-0.05, 0) is 31.6 Å². The Morgan fingerprint density at radius 3 is 2.34 bits per heavy atom. The van der Waals surface area contributed by atoms with Crippen LogP contribution in [0.15, 0.2) is 60.7 Å². The van der Waals surface area contributed by atoms with Crippen LogP contribution >= 0.6 is 0 Å². The SMILES string of the molecule is CN(C)C[C@@H](COCc1ccccc1)C(=O)N1C(=O)OC[C@@H]1Cc1ccccc1. The van der Waals surface area contributed by atoms with Gasteiger partial charge < -0.3 is 14.4 Å². The number of nitrogens with zero attached hydrogens (tertiary/aromatic N) is 2. The Balaban J connectivity index is 1.66. The van der Waals surface area contributed by atoms with Gasteiger partial charge in [0.25, 0.3) is 0 Å². The molecule has 0 aliphatic carbocycles. The van der Waals surface area contributed by atoms with E-state index < -0.39 is 12.0 Å². The number of amides is 2. The van der Waals surface area contributed by atoms with Crippen molar-refractivity contribution in [3.05, 3.63) is 71.8 Å². The zero-order valence-electron chi connectivity index (χ0n) is 17.0. The van der Waals surface area contributed by atoms with Crippen LogP contribution in [0, 0.1) is 5.92 Å². The van der Waals surface area contributed by atoms with Crippen molar-refractivity contribution in [2.24, 2.45) is 5.92 Å². The molecule has 0 bridgehead atoms. The van der Waals surface area contributed by atoms with Gasteiger partial charge in [0.05, 0.1) is 25.2 Å². The van der Waals surface area contributed by atoms with Crippen molar-refractivity contribution in [1.82, 2.24) is 9.80 Å². The Morgan fingerprint density at radius 2 is 1.72 bits per heavy atom. The van der Waals surface area contributed by atoms with Crippen LogP contribution < -0.4 is 0 Å². The lowest BCUT2D eigenvalue weighted by atomic mass is 10.0. The molecule has 2 atom stereocenters. The van der Waals surface area contributed by atoms with E-state index in [1.807, 2.05) is 79.7 Å². The van der Waals surface area contributed by atoms with Gasteiger partial charge in [0.1, 0.15) is 6.61 Å². The first-order valence-electron chi connectivity index (χ1n) is 9.84. The van der Waals surface area contributed by atoms with Crippen molar-refractivity contribution in [2.45, 2.75) is 19.1 Å². The zero-order chi connectivity index (χ0) is 20.6. The maximum atomic E-state index is 13.3. The van der Waals surface area contributed by atoms with Crippen molar-refractivity contribution in [2.75, 3.05) is 33.9 Å². The number of carbonyl (C=O) groups is 2. The van der Waals surface area contributed by atoms with E-state index in [1.54, 1.807) is 0 Å². The van der Waals surface area contributed by atoms with Crippen LogP contribution in [-0.2, 0) is 27.3 Å². The molecule has 6 heteroatoms. The van der Waals surface area contributed by atoms with E-state index in [0.29, 0.717) is 19.6 Å². The lowest BCUT2D eigenvalue weighted by molar-refractivity contribution is -0.136. The van der Waals surface area contributed by atoms with Gasteiger partial charge in [-0.2, -0.15) is 0 Å². The third-order valence-corrected chi connectivity index (χ3v) is 4.88. The topological polar surface area (TPSA) is 59.1 Å². The number of benzene rings is 2. The number of rotatable bonds is 9. The molecule has 1 fully saturated rings. The quantitative estimate of drug-likeness (QED) is 0.652. The highest BCUT2D eigenvalue weighted by atomic mass is 16.6. The summed E-state index contributed by atoms with van der Waals surface area (Å²) in [6.07, 6.45) is 0.0143. The van der Waals surface area contributed by atoms with Gasteiger partial charge in [0.2, 0.25) is 5.91 Å². The average Bonchev–Trinajstić information content (AvgIpc) is 3.08. The van der Waals surface area contributed by atoms with Crippen molar-refractivity contribution >= 4 is 12.0 Å². The molecule has 2 amide bonds. The Bertz CT molecular complexity index is 795. The van der Waals surface area contributed by atoms with Crippen molar-refractivity contribution in [3.63, 3.8) is 0 Å². The zero-order valence-corrected chi connectivity index (χ0v) is 17.0. The number of imide groups is 1. The molecule has 0 aromatic heterocycles. The molecule has 1 aliphatic heterocycles. The van der Waals surface area contributed by atoms with Gasteiger partial charge >= 0.3 is 6.09 Å². The van der Waals surface area contributed by atoms with E-state index in [1.165, 1.54) is 4.90 Å². The molecular formula is C23H28N2O4. The molecule has 0 spiro atoms. The molecule has 0 radical (unpaired) electrons. The highest BCUT2D eigenvalue weighted by molar-refractivity contribution is 5.95.